The average molecular weight is 384 g/mol. The van der Waals surface area contributed by atoms with Crippen LogP contribution in [0.4, 0.5) is 0 Å². The zero-order chi connectivity index (χ0) is 20.7. The first-order valence-corrected chi connectivity index (χ1v) is 9.03. The zero-order valence-electron chi connectivity index (χ0n) is 17.3. The summed E-state index contributed by atoms with van der Waals surface area (Å²) in [4.78, 5) is 12.0. The second-order valence-electron chi connectivity index (χ2n) is 7.37. The fourth-order valence-electron chi connectivity index (χ4n) is 2.69. The highest BCUT2D eigenvalue weighted by molar-refractivity contribution is 5.86. The molecule has 0 saturated carbocycles. The first kappa shape index (κ1) is 21.3. The summed E-state index contributed by atoms with van der Waals surface area (Å²) in [5.74, 6) is 1.66. The van der Waals surface area contributed by atoms with Gasteiger partial charge in [-0.1, -0.05) is 32.9 Å². The maximum absolute atomic E-state index is 12.0. The quantitative estimate of drug-likeness (QED) is 0.582. The molecule has 150 valence electrons. The van der Waals surface area contributed by atoms with E-state index in [1.807, 2.05) is 43.3 Å². The lowest BCUT2D eigenvalue weighted by molar-refractivity contribution is -0.123. The maximum Gasteiger partial charge on any atom is 0.277 e. The van der Waals surface area contributed by atoms with Gasteiger partial charge in [-0.3, -0.25) is 4.79 Å². The van der Waals surface area contributed by atoms with Crippen molar-refractivity contribution in [3.8, 4) is 17.2 Å². The lowest BCUT2D eigenvalue weighted by Crippen LogP contribution is -2.24. The summed E-state index contributed by atoms with van der Waals surface area (Å²) in [6, 6.07) is 11.4. The monoisotopic (exact) mass is 384 g/mol. The fourth-order valence-corrected chi connectivity index (χ4v) is 2.69. The highest BCUT2D eigenvalue weighted by atomic mass is 16.5. The van der Waals surface area contributed by atoms with Crippen molar-refractivity contribution in [1.29, 1.82) is 0 Å². The topological polar surface area (TPSA) is 69.2 Å². The van der Waals surface area contributed by atoms with Crippen molar-refractivity contribution in [1.82, 2.24) is 5.43 Å². The van der Waals surface area contributed by atoms with Crippen molar-refractivity contribution in [2.75, 3.05) is 20.8 Å². The minimum absolute atomic E-state index is 0.0749. The Balaban J connectivity index is 1.91. The van der Waals surface area contributed by atoms with Crippen LogP contribution in [-0.2, 0) is 10.2 Å². The lowest BCUT2D eigenvalue weighted by atomic mass is 9.87. The number of nitrogens with one attached hydrogen (secondary N) is 1. The van der Waals surface area contributed by atoms with Gasteiger partial charge in [-0.15, -0.1) is 0 Å². The van der Waals surface area contributed by atoms with Crippen molar-refractivity contribution in [2.45, 2.75) is 33.1 Å². The summed E-state index contributed by atoms with van der Waals surface area (Å²) in [5, 5.41) is 3.98. The van der Waals surface area contributed by atoms with Crippen molar-refractivity contribution in [2.24, 2.45) is 5.10 Å². The van der Waals surface area contributed by atoms with E-state index in [1.165, 1.54) is 11.8 Å². The normalized spacial score (nSPS) is 11.4. The number of amides is 1. The maximum atomic E-state index is 12.0. The highest BCUT2D eigenvalue weighted by Gasteiger charge is 2.13. The Kier molecular flexibility index (Phi) is 7.04. The van der Waals surface area contributed by atoms with Gasteiger partial charge in [0.25, 0.3) is 5.91 Å². The Morgan fingerprint density at radius 3 is 2.32 bits per heavy atom. The largest absolute Gasteiger partial charge is 0.496 e. The molecule has 0 aliphatic carbocycles. The number of hydrazone groups is 1. The molecule has 0 aliphatic rings. The van der Waals surface area contributed by atoms with E-state index in [1.54, 1.807) is 14.2 Å². The van der Waals surface area contributed by atoms with Crippen LogP contribution in [0.5, 0.6) is 17.2 Å². The van der Waals surface area contributed by atoms with Crippen LogP contribution in [0.2, 0.25) is 0 Å². The summed E-state index contributed by atoms with van der Waals surface area (Å²) in [6.07, 6.45) is 1.53. The molecule has 6 heteroatoms. The molecule has 2 aromatic carbocycles. The SMILES string of the molecule is COc1ccc(/C=N/NC(=O)COc2ccc(C(C)(C)C)cc2)c(OC)c1C. The number of ether oxygens (including phenoxy) is 3. The predicted octanol–water partition coefficient (Wildman–Crippen LogP) is 3.84. The van der Waals surface area contributed by atoms with Crippen molar-refractivity contribution in [3.05, 3.63) is 53.1 Å². The molecule has 0 bridgehead atoms. The van der Waals surface area contributed by atoms with Crippen LogP contribution < -0.4 is 19.6 Å². The second kappa shape index (κ2) is 9.26. The molecule has 0 fully saturated rings. The van der Waals surface area contributed by atoms with Crippen molar-refractivity contribution >= 4 is 12.1 Å². The summed E-state index contributed by atoms with van der Waals surface area (Å²) in [7, 11) is 3.18. The predicted molar refractivity (Wildman–Crippen MR) is 111 cm³/mol. The Labute approximate surface area is 166 Å². The molecule has 0 radical (unpaired) electrons. The fraction of sp³-hybridized carbons (Fsp3) is 0.364. The first-order chi connectivity index (χ1) is 13.3. The van der Waals surface area contributed by atoms with Crippen LogP contribution in [-0.4, -0.2) is 32.9 Å². The summed E-state index contributed by atoms with van der Waals surface area (Å²) in [5.41, 5.74) is 5.34. The molecule has 0 aliphatic heterocycles. The summed E-state index contributed by atoms with van der Waals surface area (Å²) >= 11 is 0. The second-order valence-corrected chi connectivity index (χ2v) is 7.37. The third kappa shape index (κ3) is 5.49. The van der Waals surface area contributed by atoms with Gasteiger partial charge in [0.05, 0.1) is 20.4 Å². The molecule has 6 nitrogen and oxygen atoms in total. The van der Waals surface area contributed by atoms with E-state index < -0.39 is 0 Å². The smallest absolute Gasteiger partial charge is 0.277 e. The van der Waals surface area contributed by atoms with E-state index in [4.69, 9.17) is 14.2 Å². The van der Waals surface area contributed by atoms with Crippen molar-refractivity contribution in [3.63, 3.8) is 0 Å². The molecule has 0 heterocycles. The highest BCUT2D eigenvalue weighted by Crippen LogP contribution is 2.30. The van der Waals surface area contributed by atoms with Gasteiger partial charge >= 0.3 is 0 Å². The molecule has 0 saturated heterocycles. The Bertz CT molecular complexity index is 837. The number of hydrogen-bond donors (Lipinski definition) is 1. The molecule has 0 spiro atoms. The van der Waals surface area contributed by atoms with Gasteiger partial charge < -0.3 is 14.2 Å². The number of nitrogens with zero attached hydrogens (tertiary/aromatic N) is 1. The molecule has 28 heavy (non-hydrogen) atoms. The minimum atomic E-state index is -0.347. The Morgan fingerprint density at radius 1 is 1.07 bits per heavy atom. The van der Waals surface area contributed by atoms with Crippen LogP contribution in [0, 0.1) is 6.92 Å². The van der Waals surface area contributed by atoms with E-state index >= 15 is 0 Å². The third-order valence-electron chi connectivity index (χ3n) is 4.29. The standard InChI is InChI=1S/C22H28N2O4/c1-15-19(26-5)12-7-16(21(15)27-6)13-23-24-20(25)14-28-18-10-8-17(9-11-18)22(2,3)4/h7-13H,14H2,1-6H3,(H,24,25)/b23-13+. The molecule has 2 aromatic rings. The molecule has 2 rings (SSSR count). The van der Waals surface area contributed by atoms with E-state index in [0.717, 1.165) is 16.9 Å². The number of benzene rings is 2. The van der Waals surface area contributed by atoms with Gasteiger partial charge in [0, 0.05) is 11.1 Å². The van der Waals surface area contributed by atoms with Gasteiger partial charge in [0.2, 0.25) is 0 Å². The number of carbonyl (C=O) groups excluding carboxylic acids is 1. The molecule has 0 aromatic heterocycles. The van der Waals surface area contributed by atoms with Gasteiger partial charge in [-0.2, -0.15) is 5.10 Å². The van der Waals surface area contributed by atoms with Crippen LogP contribution in [0.15, 0.2) is 41.5 Å². The van der Waals surface area contributed by atoms with Crippen LogP contribution in [0.25, 0.3) is 0 Å². The summed E-state index contributed by atoms with van der Waals surface area (Å²) < 4.78 is 16.2. The van der Waals surface area contributed by atoms with E-state index in [2.05, 4.69) is 31.3 Å². The molecule has 1 amide bonds. The molecular weight excluding hydrogens is 356 g/mol. The van der Waals surface area contributed by atoms with Crippen molar-refractivity contribution < 1.29 is 19.0 Å². The van der Waals surface area contributed by atoms with Crippen LogP contribution in [0.3, 0.4) is 0 Å². The van der Waals surface area contributed by atoms with Gasteiger partial charge in [-0.25, -0.2) is 5.43 Å². The number of methoxy groups -OCH3 is 2. The Hall–Kier alpha value is -3.02. The van der Waals surface area contributed by atoms with Gasteiger partial charge in [0.15, 0.2) is 6.61 Å². The van der Waals surface area contributed by atoms with Crippen LogP contribution >= 0.6 is 0 Å². The van der Waals surface area contributed by atoms with Gasteiger partial charge in [-0.05, 0) is 42.2 Å². The molecular formula is C22H28N2O4. The Morgan fingerprint density at radius 2 is 1.75 bits per heavy atom. The summed E-state index contributed by atoms with van der Waals surface area (Å²) in [6.45, 7) is 8.21. The molecule has 1 N–H and O–H groups in total. The third-order valence-corrected chi connectivity index (χ3v) is 4.29. The van der Waals surface area contributed by atoms with E-state index in [0.29, 0.717) is 11.5 Å². The number of rotatable bonds is 7. The molecule has 0 unspecified atom stereocenters. The average Bonchev–Trinajstić information content (AvgIpc) is 2.66. The van der Waals surface area contributed by atoms with E-state index in [9.17, 15) is 4.79 Å². The lowest BCUT2D eigenvalue weighted by Gasteiger charge is -2.19. The van der Waals surface area contributed by atoms with Crippen LogP contribution in [0.1, 0.15) is 37.5 Å². The number of hydrogen-bond acceptors (Lipinski definition) is 5. The first-order valence-electron chi connectivity index (χ1n) is 9.03. The zero-order valence-corrected chi connectivity index (χ0v) is 17.3. The van der Waals surface area contributed by atoms with Gasteiger partial charge in [0.1, 0.15) is 17.2 Å². The number of carbonyl (C=O) groups is 1. The minimum Gasteiger partial charge on any atom is -0.496 e. The molecule has 0 atom stereocenters. The van der Waals surface area contributed by atoms with E-state index in [-0.39, 0.29) is 17.9 Å².